The van der Waals surface area contributed by atoms with Gasteiger partial charge in [0.15, 0.2) is 5.13 Å². The summed E-state index contributed by atoms with van der Waals surface area (Å²) in [6.07, 6.45) is 3.11. The van der Waals surface area contributed by atoms with Crippen LogP contribution < -0.4 is 27.0 Å². The predicted molar refractivity (Wildman–Crippen MR) is 137 cm³/mol. The summed E-state index contributed by atoms with van der Waals surface area (Å²) in [7, 11) is 1.55. The number of hydrogen-bond acceptors (Lipinski definition) is 8. The van der Waals surface area contributed by atoms with Crippen LogP contribution in [0.1, 0.15) is 15.9 Å². The molecule has 0 spiro atoms. The van der Waals surface area contributed by atoms with Gasteiger partial charge < -0.3 is 32.4 Å². The molecule has 0 aliphatic heterocycles. The molecule has 35 heavy (non-hydrogen) atoms. The molecular weight excluding hydrogens is 466 g/mol. The number of aromatic nitrogens is 1. The number of thiazole rings is 1. The topological polar surface area (TPSA) is 162 Å². The number of nitrogens with one attached hydrogen (secondary N) is 5. The van der Waals surface area contributed by atoms with Gasteiger partial charge in [-0.05, 0) is 42.6 Å². The van der Waals surface area contributed by atoms with Crippen molar-refractivity contribution in [1.29, 1.82) is 5.41 Å². The second-order valence-electron chi connectivity index (χ2n) is 7.27. The molecule has 0 aliphatic rings. The number of benzene rings is 2. The van der Waals surface area contributed by atoms with Gasteiger partial charge in [0.05, 0.1) is 24.5 Å². The van der Waals surface area contributed by atoms with Gasteiger partial charge in [-0.3, -0.25) is 14.4 Å². The van der Waals surface area contributed by atoms with Gasteiger partial charge in [-0.2, -0.15) is 0 Å². The third-order valence-electron chi connectivity index (χ3n) is 4.71. The Labute approximate surface area is 206 Å². The highest BCUT2D eigenvalue weighted by atomic mass is 32.1. The number of carbonyl (C=O) groups excluding carboxylic acids is 3. The van der Waals surface area contributed by atoms with Crippen LogP contribution in [-0.4, -0.2) is 48.6 Å². The fourth-order valence-electron chi connectivity index (χ4n) is 2.85. The van der Waals surface area contributed by atoms with Crippen molar-refractivity contribution in [2.75, 3.05) is 31.2 Å². The van der Waals surface area contributed by atoms with Gasteiger partial charge in [-0.15, -0.1) is 11.3 Å². The van der Waals surface area contributed by atoms with E-state index in [9.17, 15) is 14.4 Å². The summed E-state index contributed by atoms with van der Waals surface area (Å²) in [5, 5.41) is 21.0. The van der Waals surface area contributed by atoms with E-state index in [0.717, 1.165) is 5.56 Å². The van der Waals surface area contributed by atoms with Gasteiger partial charge in [0.2, 0.25) is 11.8 Å². The number of nitrogens with two attached hydrogens (primary N) is 1. The first-order chi connectivity index (χ1) is 16.9. The summed E-state index contributed by atoms with van der Waals surface area (Å²) in [5.41, 5.74) is 8.93. The zero-order valence-corrected chi connectivity index (χ0v) is 19.7. The van der Waals surface area contributed by atoms with E-state index in [-0.39, 0.29) is 30.6 Å². The van der Waals surface area contributed by atoms with Crippen molar-refractivity contribution in [3.05, 3.63) is 77.3 Å². The Kier molecular flexibility index (Phi) is 8.68. The molecule has 7 N–H and O–H groups in total. The minimum atomic E-state index is -0.403. The Morgan fingerprint density at radius 1 is 1.06 bits per heavy atom. The van der Waals surface area contributed by atoms with Crippen molar-refractivity contribution in [1.82, 2.24) is 20.9 Å². The molecule has 0 radical (unpaired) electrons. The summed E-state index contributed by atoms with van der Waals surface area (Å²) in [6, 6.07) is 13.7. The molecule has 0 atom stereocenters. The third-order valence-corrected chi connectivity index (χ3v) is 5.47. The van der Waals surface area contributed by atoms with E-state index < -0.39 is 5.91 Å². The van der Waals surface area contributed by atoms with Gasteiger partial charge in [0.1, 0.15) is 0 Å². The van der Waals surface area contributed by atoms with E-state index in [1.165, 1.54) is 11.3 Å². The summed E-state index contributed by atoms with van der Waals surface area (Å²) < 4.78 is 0. The lowest BCUT2D eigenvalue weighted by molar-refractivity contribution is -0.119. The normalized spacial score (nSPS) is 10.5. The SMILES string of the molecule is CNC(=O)CN/C=C\C(=N)c1cccc(-c2csc(NC(=O)CNC(=O)c3ccc(N)cc3)n2)c1. The first-order valence-corrected chi connectivity index (χ1v) is 11.4. The molecule has 0 saturated heterocycles. The Morgan fingerprint density at radius 3 is 2.57 bits per heavy atom. The number of allylic oxidation sites excluding steroid dienone is 1. The quantitative estimate of drug-likeness (QED) is 0.188. The van der Waals surface area contributed by atoms with Gasteiger partial charge in [0, 0.05) is 34.8 Å². The summed E-state index contributed by atoms with van der Waals surface area (Å²) >= 11 is 1.26. The Morgan fingerprint density at radius 2 is 1.83 bits per heavy atom. The van der Waals surface area contributed by atoms with Crippen LogP contribution in [0, 0.1) is 5.41 Å². The molecule has 2 aromatic carbocycles. The van der Waals surface area contributed by atoms with Crippen molar-refractivity contribution < 1.29 is 14.4 Å². The van der Waals surface area contributed by atoms with Crippen LogP contribution in [0.25, 0.3) is 11.3 Å². The van der Waals surface area contributed by atoms with Crippen LogP contribution in [-0.2, 0) is 9.59 Å². The van der Waals surface area contributed by atoms with Crippen molar-refractivity contribution in [2.24, 2.45) is 0 Å². The molecule has 3 aromatic rings. The van der Waals surface area contributed by atoms with Gasteiger partial charge in [0.25, 0.3) is 5.91 Å². The Hall–Kier alpha value is -4.51. The lowest BCUT2D eigenvalue weighted by atomic mass is 10.1. The fraction of sp³-hybridized carbons (Fsp3) is 0.125. The summed E-state index contributed by atoms with van der Waals surface area (Å²) in [5.74, 6) is -0.935. The minimum Gasteiger partial charge on any atom is -0.399 e. The minimum absolute atomic E-state index is 0.124. The number of carbonyl (C=O) groups is 3. The standard InChI is InChI=1S/C24H25N7O3S/c1-27-21(32)12-28-10-9-19(26)16-3-2-4-17(11-16)20-14-35-24(30-20)31-22(33)13-29-23(34)15-5-7-18(25)8-6-15/h2-11,14,26,28H,12-13,25H2,1H3,(H,27,32)(H,29,34)(H,30,31,33)/b10-9-,26-19?. The van der Waals surface area contributed by atoms with Crippen LogP contribution >= 0.6 is 11.3 Å². The van der Waals surface area contributed by atoms with E-state index >= 15 is 0 Å². The molecule has 0 bridgehead atoms. The molecule has 0 unspecified atom stereocenters. The molecule has 3 rings (SSSR count). The highest BCUT2D eigenvalue weighted by Gasteiger charge is 2.11. The Balaban J connectivity index is 1.55. The maximum absolute atomic E-state index is 12.2. The molecule has 3 amide bonds. The monoisotopic (exact) mass is 491 g/mol. The molecule has 10 nitrogen and oxygen atoms in total. The van der Waals surface area contributed by atoms with Crippen LogP contribution in [0.3, 0.4) is 0 Å². The largest absolute Gasteiger partial charge is 0.399 e. The van der Waals surface area contributed by atoms with Crippen LogP contribution in [0.15, 0.2) is 66.2 Å². The van der Waals surface area contributed by atoms with E-state index in [2.05, 4.69) is 26.3 Å². The van der Waals surface area contributed by atoms with Crippen molar-refractivity contribution in [3.8, 4) is 11.3 Å². The Bertz CT molecular complexity index is 1250. The zero-order chi connectivity index (χ0) is 25.2. The molecule has 0 fully saturated rings. The molecule has 180 valence electrons. The fourth-order valence-corrected chi connectivity index (χ4v) is 3.58. The van der Waals surface area contributed by atoms with E-state index in [1.54, 1.807) is 55.0 Å². The van der Waals surface area contributed by atoms with Gasteiger partial charge in [-0.1, -0.05) is 18.2 Å². The van der Waals surface area contributed by atoms with E-state index in [1.807, 2.05) is 18.2 Å². The molecule has 1 heterocycles. The number of anilines is 2. The average molecular weight is 492 g/mol. The molecule has 0 aliphatic carbocycles. The average Bonchev–Trinajstić information content (AvgIpc) is 3.33. The maximum Gasteiger partial charge on any atom is 0.251 e. The van der Waals surface area contributed by atoms with Crippen LogP contribution in [0.2, 0.25) is 0 Å². The maximum atomic E-state index is 12.2. The highest BCUT2D eigenvalue weighted by molar-refractivity contribution is 7.14. The van der Waals surface area contributed by atoms with Crippen molar-refractivity contribution in [2.45, 2.75) is 0 Å². The number of hydrogen-bond donors (Lipinski definition) is 6. The summed E-state index contributed by atoms with van der Waals surface area (Å²) in [6.45, 7) is -0.0796. The molecule has 1 aromatic heterocycles. The predicted octanol–water partition coefficient (Wildman–Crippen LogP) is 1.98. The second-order valence-corrected chi connectivity index (χ2v) is 8.13. The third kappa shape index (κ3) is 7.51. The van der Waals surface area contributed by atoms with Crippen molar-refractivity contribution in [3.63, 3.8) is 0 Å². The zero-order valence-electron chi connectivity index (χ0n) is 18.9. The smallest absolute Gasteiger partial charge is 0.251 e. The molecule has 0 saturated carbocycles. The number of nitrogen functional groups attached to an aromatic ring is 1. The van der Waals surface area contributed by atoms with Crippen LogP contribution in [0.4, 0.5) is 10.8 Å². The first kappa shape index (κ1) is 25.1. The number of amides is 3. The molecular formula is C24H25N7O3S. The van der Waals surface area contributed by atoms with Crippen molar-refractivity contribution >= 4 is 45.6 Å². The molecule has 11 heteroatoms. The highest BCUT2D eigenvalue weighted by Crippen LogP contribution is 2.25. The lowest BCUT2D eigenvalue weighted by Crippen LogP contribution is -2.32. The number of nitrogens with zero attached hydrogens (tertiary/aromatic N) is 1. The first-order valence-electron chi connectivity index (χ1n) is 10.5. The van der Waals surface area contributed by atoms with Gasteiger partial charge in [-0.25, -0.2) is 4.98 Å². The van der Waals surface area contributed by atoms with Gasteiger partial charge >= 0.3 is 0 Å². The van der Waals surface area contributed by atoms with E-state index in [4.69, 9.17) is 11.1 Å². The van der Waals surface area contributed by atoms with E-state index in [0.29, 0.717) is 27.6 Å². The number of likely N-dealkylation sites (N-methyl/N-ethyl adjacent to an activating group) is 1. The lowest BCUT2D eigenvalue weighted by Gasteiger charge is -2.05. The van der Waals surface area contributed by atoms with Crippen LogP contribution in [0.5, 0.6) is 0 Å². The summed E-state index contributed by atoms with van der Waals surface area (Å²) in [4.78, 5) is 40.0. The second kappa shape index (κ2) is 12.1. The number of rotatable bonds is 10.